The fourth-order valence-corrected chi connectivity index (χ4v) is 2.37. The van der Waals surface area contributed by atoms with Gasteiger partial charge in [0.1, 0.15) is 0 Å². The molecule has 1 fully saturated rings. The van der Waals surface area contributed by atoms with Gasteiger partial charge in [0.25, 0.3) is 0 Å². The van der Waals surface area contributed by atoms with Gasteiger partial charge in [0.05, 0.1) is 12.6 Å². The molecule has 0 unspecified atom stereocenters. The van der Waals surface area contributed by atoms with E-state index in [1.54, 1.807) is 14.0 Å². The first-order valence-corrected chi connectivity index (χ1v) is 7.09. The zero-order valence-corrected chi connectivity index (χ0v) is 12.4. The van der Waals surface area contributed by atoms with E-state index >= 15 is 0 Å². The number of nitrogens with one attached hydrogen (secondary N) is 1. The Morgan fingerprint density at radius 2 is 2.25 bits per heavy atom. The van der Waals surface area contributed by atoms with Crippen LogP contribution in [0.2, 0.25) is 0 Å². The molecular weight excluding hydrogens is 258 g/mol. The summed E-state index contributed by atoms with van der Waals surface area (Å²) in [4.78, 5) is 10.7. The second kappa shape index (κ2) is 7.23. The maximum absolute atomic E-state index is 5.66. The Morgan fingerprint density at radius 1 is 1.50 bits per heavy atom. The Balaban J connectivity index is 1.81. The minimum absolute atomic E-state index is 0.382. The number of piperidine rings is 1. The lowest BCUT2D eigenvalue weighted by atomic mass is 10.1. The highest BCUT2D eigenvalue weighted by atomic mass is 16.5. The number of hydrogen-bond acceptors (Lipinski definition) is 5. The average molecular weight is 281 g/mol. The van der Waals surface area contributed by atoms with Gasteiger partial charge in [-0.05, 0) is 26.7 Å². The highest BCUT2D eigenvalue weighted by Crippen LogP contribution is 2.13. The molecular formula is C13H23N5O2. The fourth-order valence-electron chi connectivity index (χ4n) is 2.37. The molecule has 1 aromatic heterocycles. The summed E-state index contributed by atoms with van der Waals surface area (Å²) in [5.41, 5.74) is 0. The normalized spacial score (nSPS) is 17.6. The van der Waals surface area contributed by atoms with Crippen molar-refractivity contribution in [3.05, 3.63) is 11.7 Å². The van der Waals surface area contributed by atoms with Crippen molar-refractivity contribution in [2.45, 2.75) is 39.3 Å². The third-order valence-corrected chi connectivity index (χ3v) is 3.32. The Bertz CT molecular complexity index is 438. The van der Waals surface area contributed by atoms with Crippen LogP contribution in [0.4, 0.5) is 0 Å². The van der Waals surface area contributed by atoms with E-state index in [0.717, 1.165) is 38.5 Å². The lowest BCUT2D eigenvalue weighted by Gasteiger charge is -2.33. The molecule has 20 heavy (non-hydrogen) atoms. The predicted molar refractivity (Wildman–Crippen MR) is 75.5 cm³/mol. The van der Waals surface area contributed by atoms with Crippen molar-refractivity contribution in [3.63, 3.8) is 0 Å². The number of ether oxygens (including phenoxy) is 1. The summed E-state index contributed by atoms with van der Waals surface area (Å²) >= 11 is 0. The molecule has 1 N–H and O–H groups in total. The van der Waals surface area contributed by atoms with Gasteiger partial charge in [-0.1, -0.05) is 5.16 Å². The number of guanidine groups is 1. The summed E-state index contributed by atoms with van der Waals surface area (Å²) in [5, 5.41) is 7.02. The molecule has 0 saturated carbocycles. The summed E-state index contributed by atoms with van der Waals surface area (Å²) in [5.74, 6) is 2.10. The van der Waals surface area contributed by atoms with Crippen molar-refractivity contribution in [3.8, 4) is 0 Å². The number of aliphatic imine (C=N–C) groups is 1. The Labute approximate surface area is 119 Å². The highest BCUT2D eigenvalue weighted by Gasteiger charge is 2.21. The molecule has 1 aliphatic heterocycles. The Hall–Kier alpha value is -1.63. The van der Waals surface area contributed by atoms with Gasteiger partial charge in [0, 0.05) is 26.7 Å². The molecule has 1 saturated heterocycles. The summed E-state index contributed by atoms with van der Waals surface area (Å²) in [6.07, 6.45) is 2.45. The van der Waals surface area contributed by atoms with Crippen LogP contribution in [0, 0.1) is 6.92 Å². The molecule has 112 valence electrons. The van der Waals surface area contributed by atoms with Gasteiger partial charge >= 0.3 is 0 Å². The van der Waals surface area contributed by atoms with Crippen LogP contribution < -0.4 is 5.32 Å². The number of aromatic nitrogens is 2. The molecule has 0 aliphatic carbocycles. The molecule has 0 amide bonds. The predicted octanol–water partition coefficient (Wildman–Crippen LogP) is 0.954. The topological polar surface area (TPSA) is 75.8 Å². The summed E-state index contributed by atoms with van der Waals surface area (Å²) in [6, 6.07) is 0. The quantitative estimate of drug-likeness (QED) is 0.654. The highest BCUT2D eigenvalue weighted by molar-refractivity contribution is 5.79. The van der Waals surface area contributed by atoms with Crippen molar-refractivity contribution in [1.29, 1.82) is 0 Å². The minimum atomic E-state index is 0.382. The standard InChI is InChI=1S/C13H23N5O2/c1-4-19-11-5-7-18(8-6-11)13(14-3)15-9-12-16-10(2)17-20-12/h11H,4-9H2,1-3H3,(H,14,15). The van der Waals surface area contributed by atoms with Crippen LogP contribution in [-0.4, -0.2) is 53.8 Å². The molecule has 2 heterocycles. The number of likely N-dealkylation sites (tertiary alicyclic amines) is 1. The zero-order chi connectivity index (χ0) is 14.4. The number of hydrogen-bond donors (Lipinski definition) is 1. The lowest BCUT2D eigenvalue weighted by molar-refractivity contribution is 0.0263. The summed E-state index contributed by atoms with van der Waals surface area (Å²) < 4.78 is 10.7. The van der Waals surface area contributed by atoms with Crippen LogP contribution >= 0.6 is 0 Å². The van der Waals surface area contributed by atoms with Crippen LogP contribution in [0.1, 0.15) is 31.5 Å². The van der Waals surface area contributed by atoms with Crippen LogP contribution in [0.3, 0.4) is 0 Å². The fraction of sp³-hybridized carbons (Fsp3) is 0.769. The van der Waals surface area contributed by atoms with Gasteiger partial charge in [-0.3, -0.25) is 4.99 Å². The second-order valence-electron chi connectivity index (χ2n) is 4.78. The van der Waals surface area contributed by atoms with Gasteiger partial charge in [-0.15, -0.1) is 0 Å². The van der Waals surface area contributed by atoms with Gasteiger partial charge in [-0.25, -0.2) is 0 Å². The molecule has 0 radical (unpaired) electrons. The van der Waals surface area contributed by atoms with Crippen molar-refractivity contribution in [1.82, 2.24) is 20.4 Å². The van der Waals surface area contributed by atoms with Crippen LogP contribution in [0.25, 0.3) is 0 Å². The van der Waals surface area contributed by atoms with Gasteiger partial charge in [0.2, 0.25) is 5.89 Å². The number of nitrogens with zero attached hydrogens (tertiary/aromatic N) is 4. The van der Waals surface area contributed by atoms with Crippen molar-refractivity contribution in [2.75, 3.05) is 26.7 Å². The number of aryl methyl sites for hydroxylation is 1. The third kappa shape index (κ3) is 3.93. The molecule has 1 aromatic rings. The van der Waals surface area contributed by atoms with E-state index in [-0.39, 0.29) is 0 Å². The lowest BCUT2D eigenvalue weighted by Crippen LogP contribution is -2.46. The van der Waals surface area contributed by atoms with Crippen LogP contribution in [-0.2, 0) is 11.3 Å². The second-order valence-corrected chi connectivity index (χ2v) is 4.78. The van der Waals surface area contributed by atoms with Crippen molar-refractivity contribution >= 4 is 5.96 Å². The molecule has 0 atom stereocenters. The SMILES string of the molecule is CCOC1CCN(C(=NC)NCc2nc(C)no2)CC1. The molecule has 0 spiro atoms. The van der Waals surface area contributed by atoms with Gasteiger partial charge in [-0.2, -0.15) is 4.98 Å². The van der Waals surface area contributed by atoms with Gasteiger partial charge in [0.15, 0.2) is 11.8 Å². The van der Waals surface area contributed by atoms with E-state index in [1.165, 1.54) is 0 Å². The largest absolute Gasteiger partial charge is 0.378 e. The maximum Gasteiger partial charge on any atom is 0.246 e. The van der Waals surface area contributed by atoms with E-state index in [0.29, 0.717) is 24.4 Å². The van der Waals surface area contributed by atoms with Crippen LogP contribution in [0.15, 0.2) is 9.52 Å². The Kier molecular flexibility index (Phi) is 5.34. The third-order valence-electron chi connectivity index (χ3n) is 3.32. The van der Waals surface area contributed by atoms with E-state index in [9.17, 15) is 0 Å². The molecule has 0 bridgehead atoms. The average Bonchev–Trinajstić information content (AvgIpc) is 2.87. The first kappa shape index (κ1) is 14.8. The van der Waals surface area contributed by atoms with Crippen LogP contribution in [0.5, 0.6) is 0 Å². The van der Waals surface area contributed by atoms with E-state index in [2.05, 4.69) is 25.3 Å². The van der Waals surface area contributed by atoms with Crippen molar-refractivity contribution < 1.29 is 9.26 Å². The first-order chi connectivity index (χ1) is 9.72. The molecule has 1 aliphatic rings. The van der Waals surface area contributed by atoms with E-state index in [1.807, 2.05) is 6.92 Å². The monoisotopic (exact) mass is 281 g/mol. The van der Waals surface area contributed by atoms with Crippen molar-refractivity contribution in [2.24, 2.45) is 4.99 Å². The zero-order valence-electron chi connectivity index (χ0n) is 12.4. The van der Waals surface area contributed by atoms with E-state index in [4.69, 9.17) is 9.26 Å². The Morgan fingerprint density at radius 3 is 2.80 bits per heavy atom. The molecule has 0 aromatic carbocycles. The minimum Gasteiger partial charge on any atom is -0.378 e. The summed E-state index contributed by atoms with van der Waals surface area (Å²) in [6.45, 7) is 7.03. The summed E-state index contributed by atoms with van der Waals surface area (Å²) in [7, 11) is 1.79. The van der Waals surface area contributed by atoms with E-state index < -0.39 is 0 Å². The molecule has 7 heteroatoms. The first-order valence-electron chi connectivity index (χ1n) is 7.09. The molecule has 2 rings (SSSR count). The smallest absolute Gasteiger partial charge is 0.246 e. The molecule has 7 nitrogen and oxygen atoms in total. The van der Waals surface area contributed by atoms with Gasteiger partial charge < -0.3 is 19.5 Å². The maximum atomic E-state index is 5.66. The number of rotatable bonds is 4.